The topological polar surface area (TPSA) is 106 Å². The number of halogens is 5. The predicted octanol–water partition coefficient (Wildman–Crippen LogP) is 5.43. The van der Waals surface area contributed by atoms with E-state index in [0.29, 0.717) is 6.07 Å². The summed E-state index contributed by atoms with van der Waals surface area (Å²) >= 11 is 5.52. The number of ether oxygens (including phenoxy) is 1. The molecule has 0 saturated carbocycles. The van der Waals surface area contributed by atoms with E-state index in [4.69, 9.17) is 26.2 Å². The standard InChI is InChI=1S/C20H13ClF4N4O3/c21-14-3-1-10(7-13(14)20(23,24)25)28-19(31)29-16-4-2-11(8-15(16)22)32-12-5-6-27-17(9-12)18(26)30/h1-9H,(H2,26,30)(H2,28,29,31)/i2D,4D,8D. The van der Waals surface area contributed by atoms with Crippen molar-refractivity contribution >= 4 is 34.9 Å². The highest BCUT2D eigenvalue weighted by atomic mass is 35.5. The molecule has 1 aromatic heterocycles. The Morgan fingerprint density at radius 3 is 2.56 bits per heavy atom. The van der Waals surface area contributed by atoms with Crippen LogP contribution in [-0.2, 0) is 6.18 Å². The van der Waals surface area contributed by atoms with Gasteiger partial charge in [-0.05, 0) is 36.4 Å². The summed E-state index contributed by atoms with van der Waals surface area (Å²) in [5.74, 6) is -3.18. The molecule has 0 aliphatic heterocycles. The van der Waals surface area contributed by atoms with E-state index in [1.165, 1.54) is 6.07 Å². The van der Waals surface area contributed by atoms with Crippen LogP contribution in [0.5, 0.6) is 11.5 Å². The zero-order valence-corrected chi connectivity index (χ0v) is 16.4. The first-order valence-electron chi connectivity index (χ1n) is 9.97. The predicted molar refractivity (Wildman–Crippen MR) is 108 cm³/mol. The molecule has 3 aromatic rings. The van der Waals surface area contributed by atoms with Crippen LogP contribution < -0.4 is 21.1 Å². The van der Waals surface area contributed by atoms with Crippen molar-refractivity contribution in [3.63, 3.8) is 0 Å². The number of nitrogens with one attached hydrogen (secondary N) is 2. The number of pyridine rings is 1. The van der Waals surface area contributed by atoms with Crippen LogP contribution in [0.25, 0.3) is 0 Å². The van der Waals surface area contributed by atoms with Crippen molar-refractivity contribution in [2.45, 2.75) is 6.18 Å². The van der Waals surface area contributed by atoms with Crippen LogP contribution in [0.15, 0.2) is 54.7 Å². The average molecular weight is 472 g/mol. The Balaban J connectivity index is 1.87. The summed E-state index contributed by atoms with van der Waals surface area (Å²) < 4.78 is 83.0. The van der Waals surface area contributed by atoms with Crippen molar-refractivity contribution in [2.75, 3.05) is 10.6 Å². The van der Waals surface area contributed by atoms with Gasteiger partial charge in [-0.25, -0.2) is 9.18 Å². The summed E-state index contributed by atoms with van der Waals surface area (Å²) in [6.45, 7) is 0. The molecule has 2 aromatic carbocycles. The molecule has 12 heteroatoms. The minimum atomic E-state index is -4.80. The minimum absolute atomic E-state index is 0.128. The third-order valence-corrected chi connectivity index (χ3v) is 4.05. The molecule has 4 N–H and O–H groups in total. The molecule has 0 atom stereocenters. The van der Waals surface area contributed by atoms with Crippen LogP contribution in [0.2, 0.25) is 5.02 Å². The third-order valence-electron chi connectivity index (χ3n) is 3.72. The monoisotopic (exact) mass is 471 g/mol. The van der Waals surface area contributed by atoms with E-state index < -0.39 is 64.1 Å². The quantitative estimate of drug-likeness (QED) is 0.431. The Labute approximate surface area is 187 Å². The molecular formula is C20H13ClF4N4O3. The summed E-state index contributed by atoms with van der Waals surface area (Å²) in [7, 11) is 0. The van der Waals surface area contributed by atoms with Gasteiger partial charge in [0.2, 0.25) is 0 Å². The number of nitrogens with two attached hydrogens (primary N) is 1. The Morgan fingerprint density at radius 1 is 1.12 bits per heavy atom. The number of hydrogen-bond donors (Lipinski definition) is 3. The zero-order chi connectivity index (χ0) is 26.1. The van der Waals surface area contributed by atoms with Gasteiger partial charge in [-0.3, -0.25) is 9.78 Å². The molecule has 0 aliphatic rings. The maximum atomic E-state index is 14.8. The van der Waals surface area contributed by atoms with Gasteiger partial charge in [-0.1, -0.05) is 11.6 Å². The summed E-state index contributed by atoms with van der Waals surface area (Å²) in [4.78, 5) is 27.2. The van der Waals surface area contributed by atoms with E-state index in [1.807, 2.05) is 10.6 Å². The second-order valence-electron chi connectivity index (χ2n) is 6.01. The van der Waals surface area contributed by atoms with Crippen molar-refractivity contribution in [1.29, 1.82) is 0 Å². The highest BCUT2D eigenvalue weighted by Crippen LogP contribution is 2.36. The molecular weight excluding hydrogens is 456 g/mol. The third kappa shape index (κ3) is 5.64. The van der Waals surface area contributed by atoms with Crippen molar-refractivity contribution < 1.29 is 36.0 Å². The molecule has 7 nitrogen and oxygen atoms in total. The lowest BCUT2D eigenvalue weighted by atomic mass is 10.2. The van der Waals surface area contributed by atoms with Gasteiger partial charge < -0.3 is 21.1 Å². The molecule has 0 spiro atoms. The van der Waals surface area contributed by atoms with E-state index in [0.717, 1.165) is 24.4 Å². The van der Waals surface area contributed by atoms with Gasteiger partial charge in [0.05, 0.1) is 20.4 Å². The molecule has 1 heterocycles. The first kappa shape index (κ1) is 18.9. The number of urea groups is 1. The number of benzene rings is 2. The molecule has 0 radical (unpaired) electrons. The number of anilines is 2. The van der Waals surface area contributed by atoms with Crippen LogP contribution >= 0.6 is 11.6 Å². The molecule has 0 aliphatic carbocycles. The molecule has 32 heavy (non-hydrogen) atoms. The maximum Gasteiger partial charge on any atom is 0.417 e. The Hall–Kier alpha value is -3.86. The lowest BCUT2D eigenvalue weighted by Crippen LogP contribution is -2.20. The van der Waals surface area contributed by atoms with Gasteiger partial charge in [0, 0.05) is 24.0 Å². The fourth-order valence-corrected chi connectivity index (χ4v) is 2.55. The first-order valence-corrected chi connectivity index (χ1v) is 8.85. The maximum absolute atomic E-state index is 14.8. The molecule has 0 unspecified atom stereocenters. The van der Waals surface area contributed by atoms with Crippen LogP contribution in [-0.4, -0.2) is 16.9 Å². The van der Waals surface area contributed by atoms with Crippen molar-refractivity contribution in [2.24, 2.45) is 5.73 Å². The van der Waals surface area contributed by atoms with Crippen LogP contribution in [0.4, 0.5) is 33.7 Å². The number of rotatable bonds is 5. The molecule has 0 fully saturated rings. The van der Waals surface area contributed by atoms with Gasteiger partial charge in [-0.2, -0.15) is 13.2 Å². The summed E-state index contributed by atoms with van der Waals surface area (Å²) in [5.41, 5.74) is 2.46. The lowest BCUT2D eigenvalue weighted by molar-refractivity contribution is -0.137. The van der Waals surface area contributed by atoms with Gasteiger partial charge in [0.25, 0.3) is 5.91 Å². The highest BCUT2D eigenvalue weighted by molar-refractivity contribution is 6.31. The van der Waals surface area contributed by atoms with Crippen molar-refractivity contribution in [3.05, 3.63) is 76.8 Å². The minimum Gasteiger partial charge on any atom is -0.457 e. The van der Waals surface area contributed by atoms with Crippen LogP contribution in [0.1, 0.15) is 20.2 Å². The van der Waals surface area contributed by atoms with Crippen LogP contribution in [0.3, 0.4) is 0 Å². The highest BCUT2D eigenvalue weighted by Gasteiger charge is 2.33. The number of carbonyl (C=O) groups is 2. The summed E-state index contributed by atoms with van der Waals surface area (Å²) in [6.07, 6.45) is -3.66. The molecule has 3 rings (SSSR count). The van der Waals surface area contributed by atoms with E-state index in [9.17, 15) is 27.2 Å². The van der Waals surface area contributed by atoms with Gasteiger partial charge >= 0.3 is 12.2 Å². The van der Waals surface area contributed by atoms with Gasteiger partial charge in [0.15, 0.2) is 0 Å². The molecule has 166 valence electrons. The average Bonchev–Trinajstić information content (AvgIpc) is 2.79. The van der Waals surface area contributed by atoms with E-state index in [1.54, 1.807) is 0 Å². The second kappa shape index (κ2) is 9.10. The number of aromatic nitrogens is 1. The van der Waals surface area contributed by atoms with Gasteiger partial charge in [-0.15, -0.1) is 0 Å². The number of primary amides is 1. The Morgan fingerprint density at radius 2 is 1.88 bits per heavy atom. The second-order valence-corrected chi connectivity index (χ2v) is 6.41. The Kier molecular flexibility index (Phi) is 5.37. The number of carbonyl (C=O) groups excluding carboxylic acids is 2. The Bertz CT molecular complexity index is 1310. The molecule has 3 amide bonds. The smallest absolute Gasteiger partial charge is 0.417 e. The zero-order valence-electron chi connectivity index (χ0n) is 18.6. The fourth-order valence-electron chi connectivity index (χ4n) is 2.33. The number of hydrogen-bond acceptors (Lipinski definition) is 4. The largest absolute Gasteiger partial charge is 0.457 e. The summed E-state index contributed by atoms with van der Waals surface area (Å²) in [6, 6.07) is 0.872. The van der Waals surface area contributed by atoms with Crippen molar-refractivity contribution in [3.8, 4) is 11.5 Å². The van der Waals surface area contributed by atoms with Crippen LogP contribution in [0, 0.1) is 5.82 Å². The van der Waals surface area contributed by atoms with Crippen molar-refractivity contribution in [1.82, 2.24) is 4.98 Å². The number of nitrogens with zero attached hydrogens (tertiary/aromatic N) is 1. The molecule has 0 saturated heterocycles. The SMILES string of the molecule is [2H]c1c([2H])c(Oc2ccnc(C(N)=O)c2)c([2H])c(F)c1NC(=O)Nc1ccc(Cl)c(C(F)(F)F)c1. The number of alkyl halides is 3. The normalized spacial score (nSPS) is 12.3. The fraction of sp³-hybridized carbons (Fsp3) is 0.0500. The lowest BCUT2D eigenvalue weighted by Gasteiger charge is -2.13. The molecule has 0 bridgehead atoms. The van der Waals surface area contributed by atoms with E-state index in [2.05, 4.69) is 4.98 Å². The van der Waals surface area contributed by atoms with E-state index >= 15 is 0 Å². The van der Waals surface area contributed by atoms with Gasteiger partial charge in [0.1, 0.15) is 23.0 Å². The number of amides is 3. The first-order chi connectivity index (χ1) is 16.3. The summed E-state index contributed by atoms with van der Waals surface area (Å²) in [5, 5.41) is 3.33. The van der Waals surface area contributed by atoms with E-state index in [-0.39, 0.29) is 17.1 Å².